The Hall–Kier alpha value is -1.63. The van der Waals surface area contributed by atoms with Crippen molar-refractivity contribution in [1.82, 2.24) is 0 Å². The maximum atomic E-state index is 13.2. The van der Waals surface area contributed by atoms with E-state index in [2.05, 4.69) is 4.72 Å². The Labute approximate surface area is 127 Å². The van der Waals surface area contributed by atoms with Crippen LogP contribution in [0.15, 0.2) is 47.4 Å². The van der Waals surface area contributed by atoms with Crippen LogP contribution >= 0.6 is 11.6 Å². The van der Waals surface area contributed by atoms with E-state index in [9.17, 15) is 12.8 Å². The van der Waals surface area contributed by atoms with Crippen molar-refractivity contribution in [2.75, 3.05) is 4.72 Å². The molecule has 0 spiro atoms. The molecule has 0 aliphatic heterocycles. The SMILES string of the molecule is CC(N)c1cccc(S(=O)(=O)Nc2cc(F)ccc2Cl)c1. The Bertz CT molecular complexity index is 763. The summed E-state index contributed by atoms with van der Waals surface area (Å²) >= 11 is 5.86. The van der Waals surface area contributed by atoms with E-state index in [1.807, 2.05) is 0 Å². The Morgan fingerprint density at radius 1 is 1.24 bits per heavy atom. The minimum atomic E-state index is -3.87. The van der Waals surface area contributed by atoms with E-state index in [1.54, 1.807) is 19.1 Å². The van der Waals surface area contributed by atoms with Gasteiger partial charge in [0.2, 0.25) is 0 Å². The van der Waals surface area contributed by atoms with Crippen molar-refractivity contribution < 1.29 is 12.8 Å². The number of hydrogen-bond acceptors (Lipinski definition) is 3. The molecule has 21 heavy (non-hydrogen) atoms. The summed E-state index contributed by atoms with van der Waals surface area (Å²) in [6, 6.07) is 9.40. The summed E-state index contributed by atoms with van der Waals surface area (Å²) in [7, 11) is -3.87. The zero-order valence-corrected chi connectivity index (χ0v) is 12.7. The van der Waals surface area contributed by atoms with Crippen LogP contribution in [-0.2, 0) is 10.0 Å². The van der Waals surface area contributed by atoms with Crippen LogP contribution < -0.4 is 10.5 Å². The molecule has 112 valence electrons. The molecule has 0 heterocycles. The lowest BCUT2D eigenvalue weighted by Crippen LogP contribution is -2.14. The lowest BCUT2D eigenvalue weighted by atomic mass is 10.1. The Morgan fingerprint density at radius 2 is 1.95 bits per heavy atom. The lowest BCUT2D eigenvalue weighted by Gasteiger charge is -2.12. The van der Waals surface area contributed by atoms with E-state index in [-0.39, 0.29) is 21.6 Å². The zero-order chi connectivity index (χ0) is 15.6. The van der Waals surface area contributed by atoms with Gasteiger partial charge in [-0.2, -0.15) is 0 Å². The van der Waals surface area contributed by atoms with Gasteiger partial charge in [0, 0.05) is 6.04 Å². The van der Waals surface area contributed by atoms with Crippen LogP contribution in [0.2, 0.25) is 5.02 Å². The highest BCUT2D eigenvalue weighted by Crippen LogP contribution is 2.26. The van der Waals surface area contributed by atoms with Crippen molar-refractivity contribution in [3.05, 3.63) is 58.9 Å². The summed E-state index contributed by atoms with van der Waals surface area (Å²) in [4.78, 5) is 0.0395. The minimum Gasteiger partial charge on any atom is -0.324 e. The van der Waals surface area contributed by atoms with Crippen LogP contribution in [0.4, 0.5) is 10.1 Å². The average molecular weight is 329 g/mol. The lowest BCUT2D eigenvalue weighted by molar-refractivity contribution is 0.600. The molecule has 2 aromatic rings. The standard InChI is InChI=1S/C14H14ClFN2O2S/c1-9(17)10-3-2-4-12(7-10)21(19,20)18-14-8-11(16)5-6-13(14)15/h2-9,18H,17H2,1H3. The van der Waals surface area contributed by atoms with Crippen LogP contribution in [-0.4, -0.2) is 8.42 Å². The molecule has 0 saturated heterocycles. The van der Waals surface area contributed by atoms with Gasteiger partial charge < -0.3 is 5.73 Å². The third-order valence-corrected chi connectivity index (χ3v) is 4.56. The summed E-state index contributed by atoms with van der Waals surface area (Å²) in [5.74, 6) is -0.582. The molecule has 0 radical (unpaired) electrons. The minimum absolute atomic E-state index is 0.0112. The van der Waals surface area contributed by atoms with Gasteiger partial charge in [-0.15, -0.1) is 0 Å². The first-order valence-corrected chi connectivity index (χ1v) is 7.99. The Morgan fingerprint density at radius 3 is 2.62 bits per heavy atom. The summed E-state index contributed by atoms with van der Waals surface area (Å²) < 4.78 is 40.1. The molecule has 2 aromatic carbocycles. The number of halogens is 2. The fourth-order valence-electron chi connectivity index (χ4n) is 1.74. The molecule has 4 nitrogen and oxygen atoms in total. The number of rotatable bonds is 4. The molecule has 0 fully saturated rings. The normalized spacial score (nSPS) is 13.0. The van der Waals surface area contributed by atoms with E-state index in [0.717, 1.165) is 12.1 Å². The molecule has 0 amide bonds. The number of nitrogens with one attached hydrogen (secondary N) is 1. The van der Waals surface area contributed by atoms with Gasteiger partial charge in [-0.05, 0) is 42.8 Å². The first-order chi connectivity index (χ1) is 9.79. The van der Waals surface area contributed by atoms with Crippen molar-refractivity contribution in [1.29, 1.82) is 0 Å². The van der Waals surface area contributed by atoms with E-state index >= 15 is 0 Å². The molecule has 0 aliphatic carbocycles. The van der Waals surface area contributed by atoms with Crippen molar-refractivity contribution in [3.8, 4) is 0 Å². The molecular formula is C14H14ClFN2O2S. The second-order valence-electron chi connectivity index (χ2n) is 4.59. The number of benzene rings is 2. The van der Waals surface area contributed by atoms with Gasteiger partial charge in [0.05, 0.1) is 15.6 Å². The average Bonchev–Trinajstić information content (AvgIpc) is 2.43. The molecule has 7 heteroatoms. The molecule has 1 unspecified atom stereocenters. The second kappa shape index (κ2) is 6.01. The topological polar surface area (TPSA) is 72.2 Å². The second-order valence-corrected chi connectivity index (χ2v) is 6.68. The Balaban J connectivity index is 2.38. The number of anilines is 1. The highest BCUT2D eigenvalue weighted by atomic mass is 35.5. The largest absolute Gasteiger partial charge is 0.324 e. The predicted molar refractivity (Wildman–Crippen MR) is 81.3 cm³/mol. The quantitative estimate of drug-likeness (QED) is 0.904. The fourth-order valence-corrected chi connectivity index (χ4v) is 3.09. The van der Waals surface area contributed by atoms with E-state index in [4.69, 9.17) is 17.3 Å². The summed E-state index contributed by atoms with van der Waals surface area (Å²) in [6.45, 7) is 1.75. The molecule has 0 saturated carbocycles. The fraction of sp³-hybridized carbons (Fsp3) is 0.143. The molecule has 0 aromatic heterocycles. The molecule has 1 atom stereocenters. The number of hydrogen-bond donors (Lipinski definition) is 2. The number of nitrogens with two attached hydrogens (primary N) is 1. The van der Waals surface area contributed by atoms with Crippen LogP contribution in [0.3, 0.4) is 0 Å². The molecule has 0 aliphatic rings. The van der Waals surface area contributed by atoms with Gasteiger partial charge >= 0.3 is 0 Å². The van der Waals surface area contributed by atoms with Gasteiger partial charge in [-0.25, -0.2) is 12.8 Å². The van der Waals surface area contributed by atoms with Crippen molar-refractivity contribution in [2.45, 2.75) is 17.9 Å². The van der Waals surface area contributed by atoms with Crippen LogP contribution in [0.25, 0.3) is 0 Å². The Kier molecular flexibility index (Phi) is 4.51. The van der Waals surface area contributed by atoms with Crippen LogP contribution in [0.1, 0.15) is 18.5 Å². The van der Waals surface area contributed by atoms with Crippen molar-refractivity contribution in [2.24, 2.45) is 5.73 Å². The smallest absolute Gasteiger partial charge is 0.261 e. The highest BCUT2D eigenvalue weighted by Gasteiger charge is 2.17. The predicted octanol–water partition coefficient (Wildman–Crippen LogP) is 3.30. The summed E-state index contributed by atoms with van der Waals surface area (Å²) in [5.41, 5.74) is 6.41. The monoisotopic (exact) mass is 328 g/mol. The van der Waals surface area contributed by atoms with Crippen molar-refractivity contribution >= 4 is 27.3 Å². The third kappa shape index (κ3) is 3.72. The molecule has 0 bridgehead atoms. The molecular weight excluding hydrogens is 315 g/mol. The maximum Gasteiger partial charge on any atom is 0.261 e. The van der Waals surface area contributed by atoms with E-state index in [0.29, 0.717) is 5.56 Å². The summed E-state index contributed by atoms with van der Waals surface area (Å²) in [6.07, 6.45) is 0. The van der Waals surface area contributed by atoms with Gasteiger partial charge in [0.25, 0.3) is 10.0 Å². The van der Waals surface area contributed by atoms with Gasteiger partial charge in [0.15, 0.2) is 0 Å². The van der Waals surface area contributed by atoms with Crippen molar-refractivity contribution in [3.63, 3.8) is 0 Å². The number of sulfonamides is 1. The van der Waals surface area contributed by atoms with Gasteiger partial charge in [0.1, 0.15) is 5.82 Å². The zero-order valence-electron chi connectivity index (χ0n) is 11.2. The van der Waals surface area contributed by atoms with E-state index < -0.39 is 15.8 Å². The van der Waals surface area contributed by atoms with Crippen LogP contribution in [0.5, 0.6) is 0 Å². The first-order valence-electron chi connectivity index (χ1n) is 6.13. The van der Waals surface area contributed by atoms with Crippen LogP contribution in [0, 0.1) is 5.82 Å². The maximum absolute atomic E-state index is 13.2. The highest BCUT2D eigenvalue weighted by molar-refractivity contribution is 7.92. The molecule has 2 rings (SSSR count). The molecule has 3 N–H and O–H groups in total. The first kappa shape index (κ1) is 15.8. The summed E-state index contributed by atoms with van der Waals surface area (Å²) in [5, 5.41) is 0.114. The third-order valence-electron chi connectivity index (χ3n) is 2.87. The van der Waals surface area contributed by atoms with E-state index in [1.165, 1.54) is 18.2 Å². The van der Waals surface area contributed by atoms with Gasteiger partial charge in [-0.3, -0.25) is 4.72 Å². The van der Waals surface area contributed by atoms with Gasteiger partial charge in [-0.1, -0.05) is 23.7 Å².